The molecule has 0 radical (unpaired) electrons. The van der Waals surface area contributed by atoms with Crippen molar-refractivity contribution in [3.63, 3.8) is 0 Å². The molecule has 6 nitrogen and oxygen atoms in total. The molecule has 2 aromatic carbocycles. The predicted molar refractivity (Wildman–Crippen MR) is 134 cm³/mol. The molecular formula is C28H36FN3O3. The zero-order chi connectivity index (χ0) is 25.0. The summed E-state index contributed by atoms with van der Waals surface area (Å²) in [5.41, 5.74) is 2.21. The Morgan fingerprint density at radius 1 is 1.11 bits per heavy atom. The molecule has 1 fully saturated rings. The Kier molecular flexibility index (Phi) is 7.89. The smallest absolute Gasteiger partial charge is 0.227 e. The Morgan fingerprint density at radius 3 is 2.46 bits per heavy atom. The summed E-state index contributed by atoms with van der Waals surface area (Å²) in [5.74, 6) is 0.839. The van der Waals surface area contributed by atoms with Crippen LogP contribution >= 0.6 is 0 Å². The van der Waals surface area contributed by atoms with Gasteiger partial charge in [-0.1, -0.05) is 30.3 Å². The second kappa shape index (κ2) is 10.9. The molecule has 0 spiro atoms. The van der Waals surface area contributed by atoms with Gasteiger partial charge in [-0.3, -0.25) is 4.90 Å². The van der Waals surface area contributed by atoms with Crippen molar-refractivity contribution in [1.29, 1.82) is 0 Å². The molecule has 35 heavy (non-hydrogen) atoms. The second-order valence-corrected chi connectivity index (χ2v) is 10.4. The van der Waals surface area contributed by atoms with Gasteiger partial charge in [-0.25, -0.2) is 9.07 Å². The van der Waals surface area contributed by atoms with Crippen molar-refractivity contribution in [3.05, 3.63) is 71.7 Å². The Morgan fingerprint density at radius 2 is 1.80 bits per heavy atom. The molecule has 0 aliphatic heterocycles. The third-order valence-corrected chi connectivity index (χ3v) is 5.95. The SMILES string of the molecule is Cc1nn(-c2ccccc2)c(Oc2ccccc2F)c1CN(CC1CC1)C[C@H](O)COC(C)(C)C. The monoisotopic (exact) mass is 481 g/mol. The molecule has 0 unspecified atom stereocenters. The third-order valence-electron chi connectivity index (χ3n) is 5.95. The maximum Gasteiger partial charge on any atom is 0.227 e. The van der Waals surface area contributed by atoms with E-state index in [2.05, 4.69) is 4.90 Å². The first-order valence-corrected chi connectivity index (χ1v) is 12.3. The Balaban J connectivity index is 1.63. The molecule has 1 N–H and O–H groups in total. The molecule has 1 aromatic heterocycles. The maximum absolute atomic E-state index is 14.5. The van der Waals surface area contributed by atoms with Crippen molar-refractivity contribution < 1.29 is 19.0 Å². The van der Waals surface area contributed by atoms with E-state index >= 15 is 0 Å². The molecule has 4 rings (SSSR count). The molecule has 0 amide bonds. The van der Waals surface area contributed by atoms with Crippen LogP contribution < -0.4 is 4.74 Å². The lowest BCUT2D eigenvalue weighted by atomic mass is 10.2. The Hall–Kier alpha value is -2.74. The number of para-hydroxylation sites is 2. The largest absolute Gasteiger partial charge is 0.435 e. The van der Waals surface area contributed by atoms with Gasteiger partial charge in [0.25, 0.3) is 0 Å². The normalized spacial score (nSPS) is 14.9. The molecule has 1 saturated carbocycles. The van der Waals surface area contributed by atoms with Crippen LogP contribution in [0.2, 0.25) is 0 Å². The fourth-order valence-electron chi connectivity index (χ4n) is 3.99. The van der Waals surface area contributed by atoms with Gasteiger partial charge in [0, 0.05) is 19.6 Å². The Bertz CT molecular complexity index is 1110. The van der Waals surface area contributed by atoms with E-state index in [1.165, 1.54) is 18.9 Å². The predicted octanol–water partition coefficient (Wildman–Crippen LogP) is 5.50. The van der Waals surface area contributed by atoms with Gasteiger partial charge in [-0.2, -0.15) is 5.10 Å². The highest BCUT2D eigenvalue weighted by molar-refractivity contribution is 5.43. The summed E-state index contributed by atoms with van der Waals surface area (Å²) in [4.78, 5) is 2.24. The van der Waals surface area contributed by atoms with E-state index in [9.17, 15) is 9.50 Å². The molecule has 0 bridgehead atoms. The summed E-state index contributed by atoms with van der Waals surface area (Å²) in [6.07, 6.45) is 1.78. The highest BCUT2D eigenvalue weighted by Crippen LogP contribution is 2.35. The van der Waals surface area contributed by atoms with Gasteiger partial charge in [0.05, 0.1) is 35.3 Å². The van der Waals surface area contributed by atoms with E-state index < -0.39 is 11.9 Å². The van der Waals surface area contributed by atoms with Gasteiger partial charge in [0.2, 0.25) is 5.88 Å². The van der Waals surface area contributed by atoms with Crippen LogP contribution in [-0.4, -0.2) is 51.2 Å². The fourth-order valence-corrected chi connectivity index (χ4v) is 3.99. The minimum Gasteiger partial charge on any atom is -0.435 e. The lowest BCUT2D eigenvalue weighted by Crippen LogP contribution is -2.37. The summed E-state index contributed by atoms with van der Waals surface area (Å²) >= 11 is 0. The number of aryl methyl sites for hydroxylation is 1. The summed E-state index contributed by atoms with van der Waals surface area (Å²) in [7, 11) is 0. The fraction of sp³-hybridized carbons (Fsp3) is 0.464. The van der Waals surface area contributed by atoms with Gasteiger partial charge in [-0.15, -0.1) is 0 Å². The van der Waals surface area contributed by atoms with Crippen molar-refractivity contribution >= 4 is 0 Å². The van der Waals surface area contributed by atoms with Crippen molar-refractivity contribution in [2.45, 2.75) is 58.8 Å². The first-order chi connectivity index (χ1) is 16.7. The van der Waals surface area contributed by atoms with Gasteiger partial charge < -0.3 is 14.6 Å². The average Bonchev–Trinajstić information content (AvgIpc) is 3.58. The quantitative estimate of drug-likeness (QED) is 0.392. The molecule has 188 valence electrons. The summed E-state index contributed by atoms with van der Waals surface area (Å²) in [6, 6.07) is 16.1. The number of hydrogen-bond acceptors (Lipinski definition) is 5. The third kappa shape index (κ3) is 7.13. The van der Waals surface area contributed by atoms with Crippen LogP contribution in [0, 0.1) is 18.7 Å². The highest BCUT2D eigenvalue weighted by Gasteiger charge is 2.29. The van der Waals surface area contributed by atoms with Crippen molar-refractivity contribution in [1.82, 2.24) is 14.7 Å². The minimum absolute atomic E-state index is 0.151. The van der Waals surface area contributed by atoms with Gasteiger partial charge in [0.1, 0.15) is 0 Å². The number of nitrogens with zero attached hydrogens (tertiary/aromatic N) is 3. The van der Waals surface area contributed by atoms with Crippen LogP contribution in [0.15, 0.2) is 54.6 Å². The lowest BCUT2D eigenvalue weighted by Gasteiger charge is -2.27. The molecule has 0 saturated heterocycles. The zero-order valence-corrected chi connectivity index (χ0v) is 21.1. The molecule has 3 aromatic rings. The number of aliphatic hydroxyl groups excluding tert-OH is 1. The van der Waals surface area contributed by atoms with Crippen molar-refractivity contribution in [2.75, 3.05) is 19.7 Å². The van der Waals surface area contributed by atoms with E-state index in [4.69, 9.17) is 14.6 Å². The number of ether oxygens (including phenoxy) is 2. The van der Waals surface area contributed by atoms with Crippen LogP contribution in [0.4, 0.5) is 4.39 Å². The molecule has 7 heteroatoms. The van der Waals surface area contributed by atoms with E-state index in [-0.39, 0.29) is 18.0 Å². The summed E-state index contributed by atoms with van der Waals surface area (Å²) in [6.45, 7) is 10.0. The summed E-state index contributed by atoms with van der Waals surface area (Å²) in [5, 5.41) is 15.5. The molecule has 1 atom stereocenters. The van der Waals surface area contributed by atoms with Crippen LogP contribution in [0.5, 0.6) is 11.6 Å². The van der Waals surface area contributed by atoms with E-state index in [1.807, 2.05) is 58.0 Å². The average molecular weight is 482 g/mol. The number of halogens is 1. The van der Waals surface area contributed by atoms with Crippen LogP contribution in [-0.2, 0) is 11.3 Å². The molecule has 1 aliphatic rings. The molecule has 1 heterocycles. The van der Waals surface area contributed by atoms with E-state index in [0.29, 0.717) is 24.9 Å². The first-order valence-electron chi connectivity index (χ1n) is 12.3. The number of hydrogen-bond donors (Lipinski definition) is 1. The number of aromatic nitrogens is 2. The van der Waals surface area contributed by atoms with E-state index in [0.717, 1.165) is 23.5 Å². The summed E-state index contributed by atoms with van der Waals surface area (Å²) < 4.78 is 28.2. The molecule has 1 aliphatic carbocycles. The van der Waals surface area contributed by atoms with Crippen molar-refractivity contribution in [3.8, 4) is 17.3 Å². The zero-order valence-electron chi connectivity index (χ0n) is 21.1. The highest BCUT2D eigenvalue weighted by atomic mass is 19.1. The van der Waals surface area contributed by atoms with Gasteiger partial charge in [-0.05, 0) is 70.7 Å². The maximum atomic E-state index is 14.5. The second-order valence-electron chi connectivity index (χ2n) is 10.4. The minimum atomic E-state index is -0.617. The topological polar surface area (TPSA) is 59.8 Å². The number of benzene rings is 2. The van der Waals surface area contributed by atoms with Crippen LogP contribution in [0.1, 0.15) is 44.9 Å². The van der Waals surface area contributed by atoms with Gasteiger partial charge in [0.15, 0.2) is 11.6 Å². The van der Waals surface area contributed by atoms with E-state index in [1.54, 1.807) is 22.9 Å². The Labute approximate surface area is 207 Å². The number of aliphatic hydroxyl groups is 1. The van der Waals surface area contributed by atoms with Crippen molar-refractivity contribution in [2.24, 2.45) is 5.92 Å². The number of rotatable bonds is 11. The standard InChI is InChI=1S/C28H36FN3O3/c1-20-24(18-31(16-21-14-15-21)17-23(33)19-34-28(2,3)4)27(35-26-13-9-8-12-25(26)29)32(30-20)22-10-6-5-7-11-22/h5-13,21,23,33H,14-19H2,1-4H3/t23-/m0/s1. The first kappa shape index (κ1) is 25.4. The van der Waals surface area contributed by atoms with Crippen LogP contribution in [0.25, 0.3) is 5.69 Å². The molecular weight excluding hydrogens is 445 g/mol. The lowest BCUT2D eigenvalue weighted by molar-refractivity contribution is -0.0569. The van der Waals surface area contributed by atoms with Crippen LogP contribution in [0.3, 0.4) is 0 Å². The van der Waals surface area contributed by atoms with Gasteiger partial charge >= 0.3 is 0 Å².